The zero-order valence-corrected chi connectivity index (χ0v) is 13.6. The van der Waals surface area contributed by atoms with Crippen LogP contribution in [0.1, 0.15) is 23.0 Å². The quantitative estimate of drug-likeness (QED) is 0.577. The van der Waals surface area contributed by atoms with Gasteiger partial charge < -0.3 is 4.74 Å². The average Bonchev–Trinajstić information content (AvgIpc) is 2.86. The second kappa shape index (κ2) is 7.64. The monoisotopic (exact) mass is 324 g/mol. The molecule has 1 aromatic heterocycles. The van der Waals surface area contributed by atoms with Crippen LogP contribution in [0.2, 0.25) is 5.02 Å². The Morgan fingerprint density at radius 2 is 2.10 bits per heavy atom. The lowest BCUT2D eigenvalue weighted by molar-refractivity contribution is 0.102. The smallest absolute Gasteiger partial charge is 0.212 e. The van der Waals surface area contributed by atoms with Crippen molar-refractivity contribution in [1.29, 1.82) is 0 Å². The van der Waals surface area contributed by atoms with Crippen molar-refractivity contribution in [2.45, 2.75) is 18.4 Å². The van der Waals surface area contributed by atoms with Gasteiger partial charge in [0.1, 0.15) is 5.69 Å². The number of carbonyl (C=O) groups is 1. The topological polar surface area (TPSA) is 44.1 Å². The lowest BCUT2D eigenvalue weighted by Gasteiger charge is -2.07. The second-order valence-corrected chi connectivity index (χ2v) is 6.09. The van der Waals surface area contributed by atoms with Crippen molar-refractivity contribution in [3.05, 3.63) is 46.7 Å². The number of methoxy groups -OCH3 is 1. The van der Waals surface area contributed by atoms with Gasteiger partial charge in [0, 0.05) is 17.6 Å². The maximum Gasteiger partial charge on any atom is 0.212 e. The Labute approximate surface area is 133 Å². The third-order valence-electron chi connectivity index (χ3n) is 2.94. The molecule has 0 aliphatic rings. The van der Waals surface area contributed by atoms with Gasteiger partial charge in [-0.25, -0.2) is 0 Å². The molecule has 0 unspecified atom stereocenters. The summed E-state index contributed by atoms with van der Waals surface area (Å²) < 4.78 is 6.61. The highest BCUT2D eigenvalue weighted by Gasteiger charge is 2.19. The first-order valence-corrected chi connectivity index (χ1v) is 8.01. The molecular weight excluding hydrogens is 308 g/mol. The average molecular weight is 325 g/mol. The van der Waals surface area contributed by atoms with Crippen molar-refractivity contribution in [1.82, 2.24) is 9.78 Å². The van der Waals surface area contributed by atoms with E-state index >= 15 is 0 Å². The normalized spacial score (nSPS) is 10.8. The molecule has 2 rings (SSSR count). The summed E-state index contributed by atoms with van der Waals surface area (Å²) in [6.07, 6.45) is 1.49. The summed E-state index contributed by atoms with van der Waals surface area (Å²) in [6, 6.07) is 7.55. The van der Waals surface area contributed by atoms with Crippen LogP contribution in [0.3, 0.4) is 0 Å². The molecule has 0 amide bonds. The maximum absolute atomic E-state index is 12.6. The van der Waals surface area contributed by atoms with Crippen LogP contribution in [0.5, 0.6) is 0 Å². The van der Waals surface area contributed by atoms with Gasteiger partial charge in [-0.3, -0.25) is 9.48 Å². The summed E-state index contributed by atoms with van der Waals surface area (Å²) in [5, 5.41) is 4.49. The van der Waals surface area contributed by atoms with Crippen LogP contribution >= 0.6 is 23.4 Å². The van der Waals surface area contributed by atoms with Gasteiger partial charge in [-0.05, 0) is 30.0 Å². The minimum atomic E-state index is -0.123. The summed E-state index contributed by atoms with van der Waals surface area (Å²) in [5.41, 5.74) is 1.01. The number of hydrogen-bond acceptors (Lipinski definition) is 4. The van der Waals surface area contributed by atoms with Crippen LogP contribution in [0.25, 0.3) is 0 Å². The predicted molar refractivity (Wildman–Crippen MR) is 85.4 cm³/mol. The van der Waals surface area contributed by atoms with Crippen LogP contribution in [-0.2, 0) is 11.3 Å². The zero-order chi connectivity index (χ0) is 15.2. The minimum Gasteiger partial charge on any atom is -0.383 e. The van der Waals surface area contributed by atoms with Gasteiger partial charge in [0.15, 0.2) is 0 Å². The van der Waals surface area contributed by atoms with E-state index in [4.69, 9.17) is 16.3 Å². The molecule has 0 radical (unpaired) electrons. The van der Waals surface area contributed by atoms with Gasteiger partial charge in [-0.1, -0.05) is 18.5 Å². The van der Waals surface area contributed by atoms with Crippen molar-refractivity contribution >= 4 is 29.1 Å². The van der Waals surface area contributed by atoms with Crippen LogP contribution in [0.15, 0.2) is 35.4 Å². The highest BCUT2D eigenvalue weighted by molar-refractivity contribution is 7.99. The molecule has 2 aromatic rings. The molecule has 0 saturated carbocycles. The third-order valence-corrected chi connectivity index (χ3v) is 4.12. The molecule has 112 valence electrons. The third kappa shape index (κ3) is 3.87. The molecule has 0 fully saturated rings. The first-order valence-electron chi connectivity index (χ1n) is 6.65. The number of carbonyl (C=O) groups excluding carboxylic acids is 1. The minimum absolute atomic E-state index is 0.123. The fraction of sp³-hybridized carbons (Fsp3) is 0.333. The molecule has 0 bridgehead atoms. The number of hydrogen-bond donors (Lipinski definition) is 0. The van der Waals surface area contributed by atoms with Gasteiger partial charge in [-0.2, -0.15) is 5.10 Å². The lowest BCUT2D eigenvalue weighted by Crippen LogP contribution is -2.14. The molecular formula is C15H17ClN2O2S. The molecule has 0 N–H and O–H groups in total. The van der Waals surface area contributed by atoms with E-state index in [2.05, 4.69) is 12.0 Å². The first kappa shape index (κ1) is 16.1. The van der Waals surface area contributed by atoms with Crippen LogP contribution in [-0.4, -0.2) is 35.0 Å². The SMILES string of the molecule is CCSc1ccc(C(=O)c2c(Cl)cnn2CCOC)cc1. The van der Waals surface area contributed by atoms with Gasteiger partial charge in [0.25, 0.3) is 0 Å². The lowest BCUT2D eigenvalue weighted by atomic mass is 10.1. The van der Waals surface area contributed by atoms with E-state index in [9.17, 15) is 4.79 Å². The molecule has 1 aromatic carbocycles. The molecule has 0 aliphatic carbocycles. The van der Waals surface area contributed by atoms with Crippen LogP contribution < -0.4 is 0 Å². The molecule has 6 heteroatoms. The molecule has 0 saturated heterocycles. The van der Waals surface area contributed by atoms with Crippen LogP contribution in [0, 0.1) is 0 Å². The van der Waals surface area contributed by atoms with E-state index in [1.165, 1.54) is 6.20 Å². The number of ketones is 1. The number of halogens is 1. The molecule has 0 atom stereocenters. The Kier molecular flexibility index (Phi) is 5.85. The molecule has 0 spiro atoms. The maximum atomic E-state index is 12.6. The second-order valence-electron chi connectivity index (χ2n) is 4.34. The standard InChI is InChI=1S/C15H17ClN2O2S/c1-3-21-12-6-4-11(5-7-12)15(19)14-13(16)10-17-18(14)8-9-20-2/h4-7,10H,3,8-9H2,1-2H3. The van der Waals surface area contributed by atoms with E-state index in [-0.39, 0.29) is 5.78 Å². The number of benzene rings is 1. The van der Waals surface area contributed by atoms with Crippen molar-refractivity contribution in [2.75, 3.05) is 19.5 Å². The highest BCUT2D eigenvalue weighted by atomic mass is 35.5. The number of ether oxygens (including phenoxy) is 1. The molecule has 4 nitrogen and oxygen atoms in total. The summed E-state index contributed by atoms with van der Waals surface area (Å²) >= 11 is 7.84. The number of thioether (sulfide) groups is 1. The Morgan fingerprint density at radius 3 is 2.71 bits per heavy atom. The van der Waals surface area contributed by atoms with Crippen molar-refractivity contribution in [2.24, 2.45) is 0 Å². The Balaban J connectivity index is 2.24. The summed E-state index contributed by atoms with van der Waals surface area (Å²) in [7, 11) is 1.61. The van der Waals surface area contributed by atoms with E-state index in [1.807, 2.05) is 24.3 Å². The number of rotatable bonds is 7. The summed E-state index contributed by atoms with van der Waals surface area (Å²) in [6.45, 7) is 3.07. The van der Waals surface area contributed by atoms with E-state index < -0.39 is 0 Å². The van der Waals surface area contributed by atoms with Crippen molar-refractivity contribution in [3.8, 4) is 0 Å². The van der Waals surface area contributed by atoms with Crippen LogP contribution in [0.4, 0.5) is 0 Å². The molecule has 0 aliphatic heterocycles. The first-order chi connectivity index (χ1) is 10.2. The number of aromatic nitrogens is 2. The van der Waals surface area contributed by atoms with Gasteiger partial charge in [0.2, 0.25) is 5.78 Å². The summed E-state index contributed by atoms with van der Waals surface area (Å²) in [4.78, 5) is 13.7. The number of nitrogens with zero attached hydrogens (tertiary/aromatic N) is 2. The fourth-order valence-corrected chi connectivity index (χ4v) is 2.83. The molecule has 21 heavy (non-hydrogen) atoms. The van der Waals surface area contributed by atoms with Gasteiger partial charge >= 0.3 is 0 Å². The Morgan fingerprint density at radius 1 is 1.38 bits per heavy atom. The highest BCUT2D eigenvalue weighted by Crippen LogP contribution is 2.22. The van der Waals surface area contributed by atoms with Gasteiger partial charge in [-0.15, -0.1) is 11.8 Å². The molecule has 1 heterocycles. The predicted octanol–water partition coefficient (Wildman–Crippen LogP) is 3.53. The Hall–Kier alpha value is -1.30. The fourth-order valence-electron chi connectivity index (χ4n) is 1.94. The zero-order valence-electron chi connectivity index (χ0n) is 12.0. The van der Waals surface area contributed by atoms with Crippen molar-refractivity contribution < 1.29 is 9.53 Å². The Bertz CT molecular complexity index is 611. The van der Waals surface area contributed by atoms with E-state index in [1.54, 1.807) is 23.6 Å². The summed E-state index contributed by atoms with van der Waals surface area (Å²) in [5.74, 6) is 0.879. The van der Waals surface area contributed by atoms with Crippen molar-refractivity contribution in [3.63, 3.8) is 0 Å². The largest absolute Gasteiger partial charge is 0.383 e. The van der Waals surface area contributed by atoms with E-state index in [0.717, 1.165) is 10.6 Å². The van der Waals surface area contributed by atoms with E-state index in [0.29, 0.717) is 29.4 Å². The van der Waals surface area contributed by atoms with Gasteiger partial charge in [0.05, 0.1) is 24.4 Å².